The fourth-order valence-electron chi connectivity index (χ4n) is 1.50. The van der Waals surface area contributed by atoms with Gasteiger partial charge in [0.1, 0.15) is 0 Å². The molecule has 0 radical (unpaired) electrons. The van der Waals surface area contributed by atoms with E-state index >= 15 is 0 Å². The number of hydrogen-bond donors (Lipinski definition) is 2. The van der Waals surface area contributed by atoms with E-state index in [9.17, 15) is 8.42 Å². The highest BCUT2D eigenvalue weighted by Crippen LogP contribution is 2.16. The molecule has 1 unspecified atom stereocenters. The molecule has 0 spiro atoms. The Morgan fingerprint density at radius 2 is 2.24 bits per heavy atom. The Balaban J connectivity index is 2.38. The van der Waals surface area contributed by atoms with Crippen LogP contribution in [0.3, 0.4) is 0 Å². The van der Waals surface area contributed by atoms with Gasteiger partial charge >= 0.3 is 0 Å². The maximum absolute atomic E-state index is 12.0. The normalized spacial score (nSPS) is 14.0. The number of aromatic nitrogens is 2. The minimum atomic E-state index is -3.44. The second-order valence-corrected chi connectivity index (χ2v) is 5.73. The first-order valence-corrected chi connectivity index (χ1v) is 6.96. The molecular formula is C11H15N3O2S. The number of H-pyrrole nitrogens is 1. The van der Waals surface area contributed by atoms with Gasteiger partial charge in [0.05, 0.1) is 22.3 Å². The molecule has 0 aliphatic rings. The minimum absolute atomic E-state index is 0.0718. The van der Waals surface area contributed by atoms with E-state index in [0.717, 1.165) is 17.5 Å². The molecule has 0 aliphatic heterocycles. The van der Waals surface area contributed by atoms with Crippen LogP contribution < -0.4 is 4.72 Å². The van der Waals surface area contributed by atoms with Crippen LogP contribution in [0, 0.1) is 0 Å². The van der Waals surface area contributed by atoms with Crippen molar-refractivity contribution in [1.82, 2.24) is 14.7 Å². The smallest absolute Gasteiger partial charge is 0.240 e. The van der Waals surface area contributed by atoms with E-state index in [-0.39, 0.29) is 10.9 Å². The summed E-state index contributed by atoms with van der Waals surface area (Å²) >= 11 is 0. The van der Waals surface area contributed by atoms with Crippen LogP contribution in [0.1, 0.15) is 20.3 Å². The number of sulfonamides is 1. The standard InChI is InChI=1S/C11H15N3O2S/c1-3-8(2)14-17(15,16)9-4-5-10-11(6-9)13-7-12-10/h4-8,14H,3H2,1-2H3,(H,12,13). The fourth-order valence-corrected chi connectivity index (χ4v) is 2.85. The maximum Gasteiger partial charge on any atom is 0.240 e. The summed E-state index contributed by atoms with van der Waals surface area (Å²) in [5, 5.41) is 0. The molecule has 2 rings (SSSR count). The molecule has 0 saturated heterocycles. The lowest BCUT2D eigenvalue weighted by atomic mass is 10.3. The molecule has 92 valence electrons. The van der Waals surface area contributed by atoms with Crippen molar-refractivity contribution in [1.29, 1.82) is 0 Å². The zero-order valence-corrected chi connectivity index (χ0v) is 10.6. The summed E-state index contributed by atoms with van der Waals surface area (Å²) in [6, 6.07) is 4.77. The summed E-state index contributed by atoms with van der Waals surface area (Å²) in [5.41, 5.74) is 1.48. The van der Waals surface area contributed by atoms with Crippen LogP contribution >= 0.6 is 0 Å². The third-order valence-corrected chi connectivity index (χ3v) is 4.26. The molecule has 1 atom stereocenters. The molecule has 5 nitrogen and oxygen atoms in total. The number of fused-ring (bicyclic) bond motifs is 1. The lowest BCUT2D eigenvalue weighted by Gasteiger charge is -2.11. The molecule has 1 aromatic carbocycles. The Bertz CT molecular complexity index is 618. The van der Waals surface area contributed by atoms with Gasteiger partial charge in [0.15, 0.2) is 0 Å². The van der Waals surface area contributed by atoms with Crippen molar-refractivity contribution in [2.75, 3.05) is 0 Å². The Kier molecular flexibility index (Phi) is 3.17. The van der Waals surface area contributed by atoms with Gasteiger partial charge in [-0.05, 0) is 31.5 Å². The SMILES string of the molecule is CCC(C)NS(=O)(=O)c1ccc2nc[nH]c2c1. The Morgan fingerprint density at radius 1 is 1.47 bits per heavy atom. The lowest BCUT2D eigenvalue weighted by molar-refractivity contribution is 0.556. The lowest BCUT2D eigenvalue weighted by Crippen LogP contribution is -2.31. The zero-order chi connectivity index (χ0) is 12.5. The minimum Gasteiger partial charge on any atom is -0.345 e. The number of rotatable bonds is 4. The Morgan fingerprint density at radius 3 is 2.94 bits per heavy atom. The average molecular weight is 253 g/mol. The summed E-state index contributed by atoms with van der Waals surface area (Å²) in [6.07, 6.45) is 2.30. The van der Waals surface area contributed by atoms with Gasteiger partial charge in [-0.25, -0.2) is 18.1 Å². The molecule has 0 saturated carbocycles. The first-order valence-electron chi connectivity index (χ1n) is 5.48. The summed E-state index contributed by atoms with van der Waals surface area (Å²) in [5.74, 6) is 0. The Labute approximate surface area is 100 Å². The molecule has 6 heteroatoms. The summed E-state index contributed by atoms with van der Waals surface area (Å²) in [7, 11) is -3.44. The van der Waals surface area contributed by atoms with E-state index in [1.807, 2.05) is 13.8 Å². The topological polar surface area (TPSA) is 74.8 Å². The number of benzene rings is 1. The molecule has 17 heavy (non-hydrogen) atoms. The van der Waals surface area contributed by atoms with Gasteiger partial charge in [-0.1, -0.05) is 6.92 Å². The van der Waals surface area contributed by atoms with Crippen molar-refractivity contribution in [2.24, 2.45) is 0 Å². The molecule has 0 amide bonds. The monoisotopic (exact) mass is 253 g/mol. The van der Waals surface area contributed by atoms with Crippen LogP contribution in [0.2, 0.25) is 0 Å². The van der Waals surface area contributed by atoms with Gasteiger partial charge in [-0.3, -0.25) is 0 Å². The number of nitrogens with zero attached hydrogens (tertiary/aromatic N) is 1. The van der Waals surface area contributed by atoms with Crippen LogP contribution in [-0.2, 0) is 10.0 Å². The maximum atomic E-state index is 12.0. The summed E-state index contributed by atoms with van der Waals surface area (Å²) in [4.78, 5) is 7.20. The van der Waals surface area contributed by atoms with Crippen molar-refractivity contribution in [3.63, 3.8) is 0 Å². The van der Waals surface area contributed by atoms with Gasteiger partial charge in [0.25, 0.3) is 0 Å². The number of aromatic amines is 1. The number of nitrogens with one attached hydrogen (secondary N) is 2. The summed E-state index contributed by atoms with van der Waals surface area (Å²) < 4.78 is 26.7. The van der Waals surface area contributed by atoms with Crippen LogP contribution in [-0.4, -0.2) is 24.4 Å². The molecule has 2 aromatic rings. The van der Waals surface area contributed by atoms with Crippen molar-refractivity contribution in [2.45, 2.75) is 31.2 Å². The highest BCUT2D eigenvalue weighted by molar-refractivity contribution is 7.89. The van der Waals surface area contributed by atoms with Crippen LogP contribution in [0.5, 0.6) is 0 Å². The molecule has 0 bridgehead atoms. The van der Waals surface area contributed by atoms with Gasteiger partial charge < -0.3 is 4.98 Å². The van der Waals surface area contributed by atoms with Crippen molar-refractivity contribution >= 4 is 21.1 Å². The number of imidazole rings is 1. The molecule has 0 fully saturated rings. The average Bonchev–Trinajstić information content (AvgIpc) is 2.75. The van der Waals surface area contributed by atoms with E-state index in [0.29, 0.717) is 0 Å². The molecule has 1 aromatic heterocycles. The zero-order valence-electron chi connectivity index (χ0n) is 9.77. The third-order valence-electron chi connectivity index (χ3n) is 2.67. The van der Waals surface area contributed by atoms with Crippen LogP contribution in [0.25, 0.3) is 11.0 Å². The first kappa shape index (κ1) is 12.1. The van der Waals surface area contributed by atoms with Crippen molar-refractivity contribution in [3.05, 3.63) is 24.5 Å². The molecule has 0 aliphatic carbocycles. The van der Waals surface area contributed by atoms with Crippen LogP contribution in [0.4, 0.5) is 0 Å². The molecular weight excluding hydrogens is 238 g/mol. The van der Waals surface area contributed by atoms with Crippen LogP contribution in [0.15, 0.2) is 29.4 Å². The predicted molar refractivity (Wildman–Crippen MR) is 66.2 cm³/mol. The quantitative estimate of drug-likeness (QED) is 0.869. The van der Waals surface area contributed by atoms with E-state index in [1.165, 1.54) is 0 Å². The highest BCUT2D eigenvalue weighted by Gasteiger charge is 2.16. The second kappa shape index (κ2) is 4.46. The number of hydrogen-bond acceptors (Lipinski definition) is 3. The van der Waals surface area contributed by atoms with Gasteiger partial charge in [-0.15, -0.1) is 0 Å². The van der Waals surface area contributed by atoms with Crippen molar-refractivity contribution in [3.8, 4) is 0 Å². The largest absolute Gasteiger partial charge is 0.345 e. The van der Waals surface area contributed by atoms with E-state index < -0.39 is 10.0 Å². The Hall–Kier alpha value is -1.40. The molecule has 1 heterocycles. The van der Waals surface area contributed by atoms with E-state index in [1.54, 1.807) is 24.5 Å². The van der Waals surface area contributed by atoms with Crippen molar-refractivity contribution < 1.29 is 8.42 Å². The van der Waals surface area contributed by atoms with Gasteiger partial charge in [-0.2, -0.15) is 0 Å². The van der Waals surface area contributed by atoms with E-state index in [2.05, 4.69) is 14.7 Å². The second-order valence-electron chi connectivity index (χ2n) is 4.01. The first-order chi connectivity index (χ1) is 8.03. The van der Waals surface area contributed by atoms with Gasteiger partial charge in [0.2, 0.25) is 10.0 Å². The summed E-state index contributed by atoms with van der Waals surface area (Å²) in [6.45, 7) is 3.78. The van der Waals surface area contributed by atoms with E-state index in [4.69, 9.17) is 0 Å². The third kappa shape index (κ3) is 2.48. The fraction of sp³-hybridized carbons (Fsp3) is 0.364. The van der Waals surface area contributed by atoms with Gasteiger partial charge in [0, 0.05) is 6.04 Å². The highest BCUT2D eigenvalue weighted by atomic mass is 32.2. The predicted octanol–water partition coefficient (Wildman–Crippen LogP) is 1.64. The molecule has 2 N–H and O–H groups in total.